The van der Waals surface area contributed by atoms with Gasteiger partial charge in [0.05, 0.1) is 0 Å². The van der Waals surface area contributed by atoms with E-state index >= 15 is 0 Å². The molecule has 1 rings (SSSR count). The van der Waals surface area contributed by atoms with Gasteiger partial charge < -0.3 is 9.91 Å². The molecule has 1 aliphatic rings. The van der Waals surface area contributed by atoms with Crippen LogP contribution >= 0.6 is 0 Å². The Bertz CT molecular complexity index is 146. The Labute approximate surface area is 75.0 Å². The maximum Gasteiger partial charge on any atom is 0.0276 e. The quantitative estimate of drug-likeness (QED) is 0.451. The summed E-state index contributed by atoms with van der Waals surface area (Å²) in [6, 6.07) is 0. The predicted molar refractivity (Wildman–Crippen MR) is 52.4 cm³/mol. The van der Waals surface area contributed by atoms with E-state index in [-0.39, 0.29) is 0 Å². The SMILES string of the molecule is CN1CCC(/C=N/N(C)C)CC1. The molecule has 0 aliphatic carbocycles. The van der Waals surface area contributed by atoms with Crippen LogP contribution < -0.4 is 0 Å². The highest BCUT2D eigenvalue weighted by Gasteiger charge is 2.14. The molecule has 0 spiro atoms. The van der Waals surface area contributed by atoms with Gasteiger partial charge >= 0.3 is 0 Å². The van der Waals surface area contributed by atoms with Crippen molar-refractivity contribution < 1.29 is 0 Å². The Kier molecular flexibility index (Phi) is 3.53. The van der Waals surface area contributed by atoms with Crippen molar-refractivity contribution >= 4 is 6.21 Å². The number of likely N-dealkylation sites (tertiary alicyclic amines) is 1. The Morgan fingerprint density at radius 1 is 1.33 bits per heavy atom. The fraction of sp³-hybridized carbons (Fsp3) is 0.889. The first-order valence-electron chi connectivity index (χ1n) is 4.58. The van der Waals surface area contributed by atoms with Crippen molar-refractivity contribution in [1.29, 1.82) is 0 Å². The topological polar surface area (TPSA) is 18.8 Å². The third-order valence-corrected chi connectivity index (χ3v) is 2.27. The van der Waals surface area contributed by atoms with Crippen molar-refractivity contribution in [2.45, 2.75) is 12.8 Å². The molecule has 0 atom stereocenters. The second kappa shape index (κ2) is 4.45. The summed E-state index contributed by atoms with van der Waals surface area (Å²) in [5.74, 6) is 0.698. The molecular weight excluding hydrogens is 150 g/mol. The van der Waals surface area contributed by atoms with Crippen LogP contribution in [0.15, 0.2) is 5.10 Å². The fourth-order valence-corrected chi connectivity index (χ4v) is 1.41. The van der Waals surface area contributed by atoms with Crippen molar-refractivity contribution in [2.75, 3.05) is 34.2 Å². The number of hydrogen-bond donors (Lipinski definition) is 0. The average Bonchev–Trinajstić information content (AvgIpc) is 2.03. The van der Waals surface area contributed by atoms with E-state index in [1.807, 2.05) is 19.1 Å². The van der Waals surface area contributed by atoms with Crippen molar-refractivity contribution in [3.63, 3.8) is 0 Å². The van der Waals surface area contributed by atoms with Crippen LogP contribution in [0.3, 0.4) is 0 Å². The van der Waals surface area contributed by atoms with E-state index in [1.165, 1.54) is 25.9 Å². The van der Waals surface area contributed by atoms with Gasteiger partial charge in [0.15, 0.2) is 0 Å². The zero-order chi connectivity index (χ0) is 8.97. The van der Waals surface area contributed by atoms with Gasteiger partial charge in [-0.15, -0.1) is 0 Å². The summed E-state index contributed by atoms with van der Waals surface area (Å²) in [6.45, 7) is 2.42. The van der Waals surface area contributed by atoms with Gasteiger partial charge in [-0.3, -0.25) is 0 Å². The van der Waals surface area contributed by atoms with Crippen LogP contribution in [-0.4, -0.2) is 50.4 Å². The van der Waals surface area contributed by atoms with Crippen molar-refractivity contribution in [3.8, 4) is 0 Å². The largest absolute Gasteiger partial charge is 0.306 e. The van der Waals surface area contributed by atoms with Crippen molar-refractivity contribution in [3.05, 3.63) is 0 Å². The molecule has 0 aromatic carbocycles. The number of piperidine rings is 1. The van der Waals surface area contributed by atoms with Crippen molar-refractivity contribution in [2.24, 2.45) is 11.0 Å². The third kappa shape index (κ3) is 3.22. The summed E-state index contributed by atoms with van der Waals surface area (Å²) in [6.07, 6.45) is 4.61. The lowest BCUT2D eigenvalue weighted by Gasteiger charge is -2.26. The molecule has 0 N–H and O–H groups in total. The molecule has 70 valence electrons. The van der Waals surface area contributed by atoms with E-state index in [4.69, 9.17) is 0 Å². The molecular formula is C9H19N3. The fourth-order valence-electron chi connectivity index (χ4n) is 1.41. The smallest absolute Gasteiger partial charge is 0.0276 e. The lowest BCUT2D eigenvalue weighted by atomic mass is 9.99. The lowest BCUT2D eigenvalue weighted by molar-refractivity contribution is 0.252. The molecule has 3 nitrogen and oxygen atoms in total. The van der Waals surface area contributed by atoms with E-state index in [0.29, 0.717) is 5.92 Å². The minimum atomic E-state index is 0.698. The summed E-state index contributed by atoms with van der Waals surface area (Å²) in [5.41, 5.74) is 0. The van der Waals surface area contributed by atoms with Gasteiger partial charge in [0.1, 0.15) is 0 Å². The number of hydrogen-bond acceptors (Lipinski definition) is 3. The Morgan fingerprint density at radius 3 is 2.42 bits per heavy atom. The molecule has 3 heteroatoms. The number of hydrazone groups is 1. The average molecular weight is 169 g/mol. The van der Waals surface area contributed by atoms with Crippen LogP contribution in [0.2, 0.25) is 0 Å². The van der Waals surface area contributed by atoms with Gasteiger partial charge in [-0.1, -0.05) is 0 Å². The first kappa shape index (κ1) is 9.52. The highest BCUT2D eigenvalue weighted by Crippen LogP contribution is 2.13. The molecule has 0 radical (unpaired) electrons. The highest BCUT2D eigenvalue weighted by molar-refractivity contribution is 5.60. The van der Waals surface area contributed by atoms with E-state index < -0.39 is 0 Å². The molecule has 1 saturated heterocycles. The Hall–Kier alpha value is -0.570. The second-order valence-electron chi connectivity index (χ2n) is 3.75. The molecule has 1 fully saturated rings. The highest BCUT2D eigenvalue weighted by atomic mass is 15.4. The van der Waals surface area contributed by atoms with Crippen LogP contribution in [0.4, 0.5) is 0 Å². The molecule has 0 bridgehead atoms. The van der Waals surface area contributed by atoms with Gasteiger partial charge in [-0.05, 0) is 38.9 Å². The number of rotatable bonds is 2. The lowest BCUT2D eigenvalue weighted by Crippen LogP contribution is -2.30. The van der Waals surface area contributed by atoms with Crippen LogP contribution in [0.5, 0.6) is 0 Å². The first-order chi connectivity index (χ1) is 5.68. The molecule has 1 heterocycles. The summed E-state index contributed by atoms with van der Waals surface area (Å²) in [4.78, 5) is 2.38. The summed E-state index contributed by atoms with van der Waals surface area (Å²) >= 11 is 0. The van der Waals surface area contributed by atoms with Gasteiger partial charge in [-0.25, -0.2) is 0 Å². The van der Waals surface area contributed by atoms with Crippen LogP contribution in [0, 0.1) is 5.92 Å². The third-order valence-electron chi connectivity index (χ3n) is 2.27. The van der Waals surface area contributed by atoms with Gasteiger partial charge in [0.25, 0.3) is 0 Å². The predicted octanol–water partition coefficient (Wildman–Crippen LogP) is 0.876. The van der Waals surface area contributed by atoms with Crippen LogP contribution in [0.25, 0.3) is 0 Å². The number of nitrogens with zero attached hydrogens (tertiary/aromatic N) is 3. The first-order valence-corrected chi connectivity index (χ1v) is 4.58. The van der Waals surface area contributed by atoms with E-state index in [9.17, 15) is 0 Å². The molecule has 0 aromatic heterocycles. The van der Waals surface area contributed by atoms with Gasteiger partial charge in [-0.2, -0.15) is 5.10 Å². The normalized spacial score (nSPS) is 21.9. The molecule has 0 unspecified atom stereocenters. The van der Waals surface area contributed by atoms with Crippen LogP contribution in [0.1, 0.15) is 12.8 Å². The van der Waals surface area contributed by atoms with Gasteiger partial charge in [0.2, 0.25) is 0 Å². The second-order valence-corrected chi connectivity index (χ2v) is 3.75. The summed E-state index contributed by atoms with van der Waals surface area (Å²) in [5, 5.41) is 6.12. The molecule has 1 aliphatic heterocycles. The Balaban J connectivity index is 2.26. The maximum atomic E-state index is 4.26. The maximum absolute atomic E-state index is 4.26. The zero-order valence-electron chi connectivity index (χ0n) is 8.32. The van der Waals surface area contributed by atoms with E-state index in [0.717, 1.165) is 0 Å². The molecule has 0 saturated carbocycles. The zero-order valence-corrected chi connectivity index (χ0v) is 8.32. The summed E-state index contributed by atoms with van der Waals surface area (Å²) in [7, 11) is 6.11. The van der Waals surface area contributed by atoms with Crippen molar-refractivity contribution in [1.82, 2.24) is 9.91 Å². The van der Waals surface area contributed by atoms with Gasteiger partial charge in [0, 0.05) is 20.3 Å². The minimum absolute atomic E-state index is 0.698. The minimum Gasteiger partial charge on any atom is -0.306 e. The monoisotopic (exact) mass is 169 g/mol. The summed E-state index contributed by atoms with van der Waals surface area (Å²) < 4.78 is 0. The molecule has 0 amide bonds. The molecule has 0 aromatic rings. The van der Waals surface area contributed by atoms with Crippen LogP contribution in [-0.2, 0) is 0 Å². The van der Waals surface area contributed by atoms with E-state index in [2.05, 4.69) is 23.3 Å². The Morgan fingerprint density at radius 2 is 1.92 bits per heavy atom. The van der Waals surface area contributed by atoms with E-state index in [1.54, 1.807) is 0 Å². The standard InChI is InChI=1S/C9H19N3/c1-11(2)10-8-9-4-6-12(3)7-5-9/h8-9H,4-7H2,1-3H3/b10-8+. The molecule has 12 heavy (non-hydrogen) atoms.